The standard InChI is InChI=1S/C13H10F2N2O3/c14-10-3-2-9(6-11(10)15)20-7-8-1-4-12(16)13(5-8)17(18)19/h1-6H,7,16H2. The summed E-state index contributed by atoms with van der Waals surface area (Å²) in [6.07, 6.45) is 0. The van der Waals surface area contributed by atoms with Crippen molar-refractivity contribution in [1.82, 2.24) is 0 Å². The van der Waals surface area contributed by atoms with Crippen molar-refractivity contribution in [3.8, 4) is 5.75 Å². The van der Waals surface area contributed by atoms with Crippen molar-refractivity contribution >= 4 is 11.4 Å². The van der Waals surface area contributed by atoms with Crippen LogP contribution in [-0.2, 0) is 6.61 Å². The molecule has 5 nitrogen and oxygen atoms in total. The molecule has 0 aromatic heterocycles. The van der Waals surface area contributed by atoms with Crippen LogP contribution >= 0.6 is 0 Å². The van der Waals surface area contributed by atoms with Gasteiger partial charge >= 0.3 is 0 Å². The molecule has 0 aliphatic carbocycles. The molecule has 2 aromatic rings. The second kappa shape index (κ2) is 5.52. The van der Waals surface area contributed by atoms with Gasteiger partial charge in [0.15, 0.2) is 11.6 Å². The Morgan fingerprint density at radius 3 is 2.55 bits per heavy atom. The monoisotopic (exact) mass is 280 g/mol. The summed E-state index contributed by atoms with van der Waals surface area (Å²) >= 11 is 0. The molecule has 0 aliphatic heterocycles. The molecule has 0 radical (unpaired) electrons. The Hall–Kier alpha value is -2.70. The van der Waals surface area contributed by atoms with Crippen molar-refractivity contribution < 1.29 is 18.4 Å². The summed E-state index contributed by atoms with van der Waals surface area (Å²) in [4.78, 5) is 10.1. The molecule has 2 aromatic carbocycles. The van der Waals surface area contributed by atoms with Crippen molar-refractivity contribution in [2.75, 3.05) is 5.73 Å². The third kappa shape index (κ3) is 3.00. The van der Waals surface area contributed by atoms with E-state index in [0.29, 0.717) is 5.56 Å². The van der Waals surface area contributed by atoms with Gasteiger partial charge in [-0.1, -0.05) is 6.07 Å². The van der Waals surface area contributed by atoms with Crippen LogP contribution in [-0.4, -0.2) is 4.92 Å². The summed E-state index contributed by atoms with van der Waals surface area (Å²) < 4.78 is 30.9. The Bertz CT molecular complexity index is 662. The van der Waals surface area contributed by atoms with Gasteiger partial charge in [-0.2, -0.15) is 0 Å². The lowest BCUT2D eigenvalue weighted by molar-refractivity contribution is -0.384. The van der Waals surface area contributed by atoms with E-state index in [2.05, 4.69) is 0 Å². The number of benzene rings is 2. The number of nitro benzene ring substituents is 1. The summed E-state index contributed by atoms with van der Waals surface area (Å²) in [5, 5.41) is 10.7. The topological polar surface area (TPSA) is 78.4 Å². The highest BCUT2D eigenvalue weighted by Crippen LogP contribution is 2.23. The molecule has 0 aliphatic rings. The van der Waals surface area contributed by atoms with E-state index in [4.69, 9.17) is 10.5 Å². The Balaban J connectivity index is 2.12. The number of nitro groups is 1. The van der Waals surface area contributed by atoms with E-state index in [1.807, 2.05) is 0 Å². The average molecular weight is 280 g/mol. The maximum absolute atomic E-state index is 13.0. The van der Waals surface area contributed by atoms with E-state index in [-0.39, 0.29) is 23.7 Å². The fourth-order valence-corrected chi connectivity index (χ4v) is 1.57. The average Bonchev–Trinajstić information content (AvgIpc) is 2.41. The van der Waals surface area contributed by atoms with Crippen LogP contribution in [0.5, 0.6) is 5.75 Å². The largest absolute Gasteiger partial charge is 0.489 e. The molecule has 0 fully saturated rings. The molecule has 20 heavy (non-hydrogen) atoms. The molecule has 0 heterocycles. The lowest BCUT2D eigenvalue weighted by Gasteiger charge is -2.07. The lowest BCUT2D eigenvalue weighted by Crippen LogP contribution is -2.00. The molecule has 0 unspecified atom stereocenters. The number of ether oxygens (including phenoxy) is 1. The third-order valence-electron chi connectivity index (χ3n) is 2.59. The molecule has 2 N–H and O–H groups in total. The minimum absolute atomic E-state index is 0.0216. The first kappa shape index (κ1) is 13.7. The highest BCUT2D eigenvalue weighted by molar-refractivity contribution is 5.59. The Kier molecular flexibility index (Phi) is 3.79. The number of hydrogen-bond acceptors (Lipinski definition) is 4. The van der Waals surface area contributed by atoms with Crippen LogP contribution in [0, 0.1) is 21.7 Å². The van der Waals surface area contributed by atoms with Crippen LogP contribution in [0.3, 0.4) is 0 Å². The first-order chi connectivity index (χ1) is 9.47. The van der Waals surface area contributed by atoms with Gasteiger partial charge < -0.3 is 10.5 Å². The quantitative estimate of drug-likeness (QED) is 0.530. The fourth-order valence-electron chi connectivity index (χ4n) is 1.57. The third-order valence-corrected chi connectivity index (χ3v) is 2.59. The highest BCUT2D eigenvalue weighted by atomic mass is 19.2. The van der Waals surface area contributed by atoms with Gasteiger partial charge in [0, 0.05) is 12.1 Å². The molecular formula is C13H10F2N2O3. The van der Waals surface area contributed by atoms with Crippen molar-refractivity contribution in [3.05, 3.63) is 63.7 Å². The molecule has 0 spiro atoms. The van der Waals surface area contributed by atoms with E-state index in [0.717, 1.165) is 12.1 Å². The van der Waals surface area contributed by atoms with Gasteiger partial charge in [-0.05, 0) is 23.8 Å². The fraction of sp³-hybridized carbons (Fsp3) is 0.0769. The summed E-state index contributed by atoms with van der Waals surface area (Å²) in [6.45, 7) is -0.0216. The molecular weight excluding hydrogens is 270 g/mol. The second-order valence-corrected chi connectivity index (χ2v) is 4.01. The molecule has 0 atom stereocenters. The number of hydrogen-bond donors (Lipinski definition) is 1. The summed E-state index contributed by atoms with van der Waals surface area (Å²) in [7, 11) is 0. The Morgan fingerprint density at radius 1 is 1.15 bits per heavy atom. The Morgan fingerprint density at radius 2 is 1.90 bits per heavy atom. The van der Waals surface area contributed by atoms with Crippen LogP contribution in [0.1, 0.15) is 5.56 Å². The van der Waals surface area contributed by atoms with Gasteiger partial charge in [0.2, 0.25) is 0 Å². The molecule has 7 heteroatoms. The number of nitrogens with two attached hydrogens (primary N) is 1. The summed E-state index contributed by atoms with van der Waals surface area (Å²) in [5.74, 6) is -1.87. The zero-order valence-electron chi connectivity index (χ0n) is 10.2. The lowest BCUT2D eigenvalue weighted by atomic mass is 10.2. The van der Waals surface area contributed by atoms with Gasteiger partial charge in [-0.15, -0.1) is 0 Å². The van der Waals surface area contributed by atoms with Crippen LogP contribution < -0.4 is 10.5 Å². The van der Waals surface area contributed by atoms with Crippen LogP contribution in [0.2, 0.25) is 0 Å². The summed E-state index contributed by atoms with van der Waals surface area (Å²) in [5.41, 5.74) is 5.78. The first-order valence-corrected chi connectivity index (χ1v) is 5.58. The van der Waals surface area contributed by atoms with Crippen molar-refractivity contribution in [1.29, 1.82) is 0 Å². The SMILES string of the molecule is Nc1ccc(COc2ccc(F)c(F)c2)cc1[N+](=O)[O-]. The number of anilines is 1. The van der Waals surface area contributed by atoms with E-state index in [1.165, 1.54) is 18.2 Å². The molecule has 0 saturated heterocycles. The molecule has 2 rings (SSSR count). The maximum atomic E-state index is 13.0. The first-order valence-electron chi connectivity index (χ1n) is 5.58. The predicted octanol–water partition coefficient (Wildman–Crippen LogP) is 3.03. The van der Waals surface area contributed by atoms with Crippen molar-refractivity contribution in [3.63, 3.8) is 0 Å². The summed E-state index contributed by atoms with van der Waals surface area (Å²) in [6, 6.07) is 7.33. The molecule has 0 amide bonds. The second-order valence-electron chi connectivity index (χ2n) is 4.01. The normalized spacial score (nSPS) is 10.3. The highest BCUT2D eigenvalue weighted by Gasteiger charge is 2.12. The van der Waals surface area contributed by atoms with Crippen molar-refractivity contribution in [2.24, 2.45) is 0 Å². The van der Waals surface area contributed by atoms with E-state index in [1.54, 1.807) is 6.07 Å². The van der Waals surface area contributed by atoms with Crippen LogP contribution in [0.15, 0.2) is 36.4 Å². The molecule has 104 valence electrons. The predicted molar refractivity (Wildman–Crippen MR) is 68.2 cm³/mol. The van der Waals surface area contributed by atoms with Crippen molar-refractivity contribution in [2.45, 2.75) is 6.61 Å². The Labute approximate surface area is 112 Å². The van der Waals surface area contributed by atoms with Gasteiger partial charge in [-0.3, -0.25) is 10.1 Å². The van der Waals surface area contributed by atoms with Gasteiger partial charge in [0.05, 0.1) is 4.92 Å². The zero-order valence-corrected chi connectivity index (χ0v) is 10.2. The van der Waals surface area contributed by atoms with E-state index >= 15 is 0 Å². The number of nitrogens with zero attached hydrogens (tertiary/aromatic N) is 1. The number of nitrogen functional groups attached to an aromatic ring is 1. The number of halogens is 2. The van der Waals surface area contributed by atoms with E-state index in [9.17, 15) is 18.9 Å². The zero-order chi connectivity index (χ0) is 14.7. The van der Waals surface area contributed by atoms with Gasteiger partial charge in [0.1, 0.15) is 18.0 Å². The smallest absolute Gasteiger partial charge is 0.292 e. The maximum Gasteiger partial charge on any atom is 0.292 e. The van der Waals surface area contributed by atoms with Crippen LogP contribution in [0.25, 0.3) is 0 Å². The van der Waals surface area contributed by atoms with Gasteiger partial charge in [-0.25, -0.2) is 8.78 Å². The minimum atomic E-state index is -1.02. The number of rotatable bonds is 4. The molecule has 0 saturated carbocycles. The van der Waals surface area contributed by atoms with E-state index < -0.39 is 16.6 Å². The minimum Gasteiger partial charge on any atom is -0.489 e. The van der Waals surface area contributed by atoms with Gasteiger partial charge in [0.25, 0.3) is 5.69 Å². The molecule has 0 bridgehead atoms. The van der Waals surface area contributed by atoms with Crippen LogP contribution in [0.4, 0.5) is 20.2 Å².